The van der Waals surface area contributed by atoms with Gasteiger partial charge < -0.3 is 28.3 Å². The molecule has 4 aliphatic heterocycles. The predicted octanol–water partition coefficient (Wildman–Crippen LogP) is 3.94. The second-order valence-corrected chi connectivity index (χ2v) is 14.4. The van der Waals surface area contributed by atoms with Crippen molar-refractivity contribution in [3.63, 3.8) is 0 Å². The monoisotopic (exact) mass is 664 g/mol. The van der Waals surface area contributed by atoms with Gasteiger partial charge in [-0.05, 0) is 83.5 Å². The third-order valence-corrected chi connectivity index (χ3v) is 8.95. The zero-order valence-corrected chi connectivity index (χ0v) is 27.6. The smallest absolute Gasteiger partial charge is 0.333 e. The normalized spacial score (nSPS) is 28.9. The lowest BCUT2D eigenvalue weighted by Gasteiger charge is -2.40. The molecule has 246 valence electrons. The Kier molecular flexibility index (Phi) is 9.07. The summed E-state index contributed by atoms with van der Waals surface area (Å²) in [6.45, 7) is 10.8. The quantitative estimate of drug-likeness (QED) is 0.396. The van der Waals surface area contributed by atoms with E-state index in [0.29, 0.717) is 0 Å². The first-order valence-electron chi connectivity index (χ1n) is 15.2. The van der Waals surface area contributed by atoms with Gasteiger partial charge in [-0.2, -0.15) is 8.42 Å². The maximum Gasteiger partial charge on any atom is 0.333 e. The molecule has 0 saturated carbocycles. The number of hydrogen-bond acceptors (Lipinski definition) is 10. The molecule has 0 spiro atoms. The summed E-state index contributed by atoms with van der Waals surface area (Å²) in [4.78, 5) is 7.38. The van der Waals surface area contributed by atoms with Gasteiger partial charge in [-0.1, -0.05) is 35.9 Å². The zero-order valence-electron chi connectivity index (χ0n) is 26.0. The molecule has 0 unspecified atom stereocenters. The van der Waals surface area contributed by atoms with E-state index < -0.39 is 46.5 Å². The van der Waals surface area contributed by atoms with E-state index in [1.165, 1.54) is 37.0 Å². The van der Waals surface area contributed by atoms with Gasteiger partial charge in [0, 0.05) is 11.6 Å². The molecule has 4 fully saturated rings. The van der Waals surface area contributed by atoms with Crippen molar-refractivity contribution < 1.29 is 36.3 Å². The molecular weight excluding hydrogens is 624 g/mol. The molecule has 0 bridgehead atoms. The first-order chi connectivity index (χ1) is 21.2. The summed E-state index contributed by atoms with van der Waals surface area (Å²) in [6, 6.07) is 16.5. The van der Waals surface area contributed by atoms with Crippen LogP contribution in [-0.4, -0.2) is 84.8 Å². The molecule has 12 nitrogen and oxygen atoms in total. The lowest BCUT2D eigenvalue weighted by atomic mass is 9.98. The Hall–Kier alpha value is -2.17. The maximum absolute atomic E-state index is 11.1. The third-order valence-electron chi connectivity index (χ3n) is 8.25. The second kappa shape index (κ2) is 12.5. The van der Waals surface area contributed by atoms with Crippen molar-refractivity contribution >= 4 is 32.9 Å². The van der Waals surface area contributed by atoms with Crippen LogP contribution < -0.4 is 5.14 Å². The SMILES string of the molecule is CC1(C)O[C@@H]2[C@@H](CO[C@@]3(COS(N)(=O)=O)OC(C)(C)O[C@@H]23)O1.Clc1ccc(Cn2c(CN3CCCC3)nc3ccccc32)cc1. The van der Waals surface area contributed by atoms with Crippen LogP contribution in [0.3, 0.4) is 0 Å². The fourth-order valence-corrected chi connectivity index (χ4v) is 6.90. The number of hydrogen-bond donors (Lipinski definition) is 1. The number of benzene rings is 2. The van der Waals surface area contributed by atoms with Crippen LogP contribution in [0.25, 0.3) is 11.0 Å². The Morgan fingerprint density at radius 3 is 2.40 bits per heavy atom. The third kappa shape index (κ3) is 7.54. The van der Waals surface area contributed by atoms with Gasteiger partial charge in [0.05, 0.1) is 24.2 Å². The van der Waals surface area contributed by atoms with Crippen LogP contribution in [0.4, 0.5) is 0 Å². The minimum atomic E-state index is -4.14. The highest BCUT2D eigenvalue weighted by atomic mass is 35.5. The van der Waals surface area contributed by atoms with Crippen molar-refractivity contribution in [3.8, 4) is 0 Å². The van der Waals surface area contributed by atoms with Crippen LogP contribution in [0.1, 0.15) is 51.9 Å². The van der Waals surface area contributed by atoms with E-state index in [1.54, 1.807) is 27.7 Å². The molecule has 2 N–H and O–H groups in total. The summed E-state index contributed by atoms with van der Waals surface area (Å²) in [7, 11) is -4.14. The van der Waals surface area contributed by atoms with Crippen LogP contribution in [0.2, 0.25) is 5.02 Å². The highest BCUT2D eigenvalue weighted by molar-refractivity contribution is 7.84. The van der Waals surface area contributed by atoms with Crippen molar-refractivity contribution in [1.29, 1.82) is 0 Å². The molecule has 0 radical (unpaired) electrons. The largest absolute Gasteiger partial charge is 0.343 e. The molecule has 4 saturated heterocycles. The molecule has 2 aromatic carbocycles. The predicted molar refractivity (Wildman–Crippen MR) is 166 cm³/mol. The Morgan fingerprint density at radius 1 is 0.978 bits per heavy atom. The van der Waals surface area contributed by atoms with Gasteiger partial charge >= 0.3 is 10.3 Å². The minimum absolute atomic E-state index is 0.165. The topological polar surface area (TPSA) is 137 Å². The van der Waals surface area contributed by atoms with Gasteiger partial charge in [0.1, 0.15) is 30.7 Å². The highest BCUT2D eigenvalue weighted by Crippen LogP contribution is 2.47. The first kappa shape index (κ1) is 32.8. The lowest BCUT2D eigenvalue weighted by Crippen LogP contribution is -2.60. The number of likely N-dealkylation sites (tertiary alicyclic amines) is 1. The van der Waals surface area contributed by atoms with Crippen LogP contribution in [0.15, 0.2) is 48.5 Å². The summed E-state index contributed by atoms with van der Waals surface area (Å²) in [5, 5.41) is 5.67. The van der Waals surface area contributed by atoms with Crippen LogP contribution >= 0.6 is 11.6 Å². The van der Waals surface area contributed by atoms with Gasteiger partial charge in [-0.15, -0.1) is 0 Å². The number of rotatable bonds is 7. The molecule has 0 amide bonds. The van der Waals surface area contributed by atoms with Crippen molar-refractivity contribution in [2.75, 3.05) is 26.3 Å². The summed E-state index contributed by atoms with van der Waals surface area (Å²) >= 11 is 6.01. The molecule has 1 aromatic heterocycles. The maximum atomic E-state index is 11.1. The van der Waals surface area contributed by atoms with Gasteiger partial charge in [-0.3, -0.25) is 9.08 Å². The van der Waals surface area contributed by atoms with Gasteiger partial charge in [0.15, 0.2) is 11.6 Å². The number of fused-ring (bicyclic) bond motifs is 4. The van der Waals surface area contributed by atoms with E-state index in [4.69, 9.17) is 49.6 Å². The summed E-state index contributed by atoms with van der Waals surface area (Å²) in [5.74, 6) is -2.03. The molecule has 4 atom stereocenters. The van der Waals surface area contributed by atoms with Gasteiger partial charge in [0.2, 0.25) is 5.79 Å². The Labute approximate surface area is 268 Å². The average Bonchev–Trinajstić information content (AvgIpc) is 3.72. The van der Waals surface area contributed by atoms with Gasteiger partial charge in [-0.25, -0.2) is 10.1 Å². The molecule has 5 heterocycles. The van der Waals surface area contributed by atoms with E-state index >= 15 is 0 Å². The number of nitrogens with two attached hydrogens (primary N) is 1. The average molecular weight is 665 g/mol. The van der Waals surface area contributed by atoms with Crippen molar-refractivity contribution in [1.82, 2.24) is 14.5 Å². The molecule has 7 rings (SSSR count). The number of ether oxygens (including phenoxy) is 5. The number of aromatic nitrogens is 2. The van der Waals surface area contributed by atoms with Gasteiger partial charge in [0.25, 0.3) is 0 Å². The number of imidazole rings is 1. The Bertz CT molecular complexity index is 1610. The van der Waals surface area contributed by atoms with E-state index in [-0.39, 0.29) is 12.7 Å². The number of halogens is 1. The van der Waals surface area contributed by atoms with Crippen LogP contribution in [0.5, 0.6) is 0 Å². The molecule has 14 heteroatoms. The van der Waals surface area contributed by atoms with Crippen LogP contribution in [-0.2, 0) is 51.3 Å². The molecule has 0 aliphatic carbocycles. The molecule has 4 aliphatic rings. The fourth-order valence-electron chi connectivity index (χ4n) is 6.45. The van der Waals surface area contributed by atoms with E-state index in [0.717, 1.165) is 29.5 Å². The van der Waals surface area contributed by atoms with E-state index in [9.17, 15) is 8.42 Å². The van der Waals surface area contributed by atoms with Crippen LogP contribution in [0, 0.1) is 0 Å². The fraction of sp³-hybridized carbons (Fsp3) is 0.581. The zero-order chi connectivity index (χ0) is 32.0. The van der Waals surface area contributed by atoms with Crippen molar-refractivity contribution in [2.24, 2.45) is 5.14 Å². The highest BCUT2D eigenvalue weighted by Gasteiger charge is 2.65. The standard InChI is InChI=1S/C19H20ClN3.C12H21NO8S/c20-16-9-7-15(8-10-16)13-23-18-6-2-1-5-17(18)21-19(23)14-22-11-3-4-12-22;1-10(2)18-7-5-16-12(6-17-22(13,14)15)9(8(7)19-10)20-11(3,4)21-12/h1-2,5-10H,3-4,11-14H2;7-9H,5-6H2,1-4H3,(H2,13,14,15)/t;7-,8-,9+,12+/m.1/s1. The number of para-hydroxylation sites is 2. The summed E-state index contributed by atoms with van der Waals surface area (Å²) < 4.78 is 58.2. The Balaban J connectivity index is 0.000000159. The lowest BCUT2D eigenvalue weighted by molar-refractivity contribution is -0.290. The first-order valence-corrected chi connectivity index (χ1v) is 17.0. The van der Waals surface area contributed by atoms with Crippen molar-refractivity contribution in [2.45, 2.75) is 89.3 Å². The molecule has 3 aromatic rings. The second-order valence-electron chi connectivity index (χ2n) is 12.8. The summed E-state index contributed by atoms with van der Waals surface area (Å²) in [6.07, 6.45) is 1.11. The molecular formula is C31H41ClN4O8S. The minimum Gasteiger partial charge on any atom is -0.343 e. The van der Waals surface area contributed by atoms with Crippen molar-refractivity contribution in [3.05, 3.63) is 64.9 Å². The van der Waals surface area contributed by atoms with E-state index in [2.05, 4.69) is 45.9 Å². The Morgan fingerprint density at radius 2 is 1.69 bits per heavy atom. The summed E-state index contributed by atoms with van der Waals surface area (Å²) in [5.41, 5.74) is 3.53. The molecule has 45 heavy (non-hydrogen) atoms. The van der Waals surface area contributed by atoms with E-state index in [1.807, 2.05) is 12.1 Å². The number of nitrogens with zero attached hydrogens (tertiary/aromatic N) is 3.